The number of benzene rings is 1. The number of hydrogen-bond donors (Lipinski definition) is 2. The van der Waals surface area contributed by atoms with E-state index in [9.17, 15) is 4.79 Å². The standard InChI is InChI=1S/C16H18BrN3O/c1-3-7-18-15-9-12(8-11(2)19-15)16(21)20-14-6-4-5-13(17)10-14/h4-6,8-10H,3,7H2,1-2H3,(H,18,19)(H,20,21). The van der Waals surface area contributed by atoms with Crippen molar-refractivity contribution in [3.63, 3.8) is 0 Å². The van der Waals surface area contributed by atoms with E-state index >= 15 is 0 Å². The van der Waals surface area contributed by atoms with Crippen LogP contribution in [0.25, 0.3) is 0 Å². The quantitative estimate of drug-likeness (QED) is 0.850. The third-order valence-electron chi connectivity index (χ3n) is 2.85. The second kappa shape index (κ2) is 7.22. The minimum absolute atomic E-state index is 0.141. The fourth-order valence-corrected chi connectivity index (χ4v) is 2.31. The second-order valence-electron chi connectivity index (χ2n) is 4.77. The van der Waals surface area contributed by atoms with E-state index < -0.39 is 0 Å². The Morgan fingerprint density at radius 3 is 2.81 bits per heavy atom. The average molecular weight is 348 g/mol. The minimum Gasteiger partial charge on any atom is -0.370 e. The third kappa shape index (κ3) is 4.56. The van der Waals surface area contributed by atoms with Gasteiger partial charge in [0.25, 0.3) is 5.91 Å². The maximum Gasteiger partial charge on any atom is 0.255 e. The molecule has 2 N–H and O–H groups in total. The summed E-state index contributed by atoms with van der Waals surface area (Å²) in [6, 6.07) is 11.1. The molecule has 5 heteroatoms. The number of pyridine rings is 1. The Hall–Kier alpha value is -1.88. The summed E-state index contributed by atoms with van der Waals surface area (Å²) in [7, 11) is 0. The zero-order valence-corrected chi connectivity index (χ0v) is 13.7. The van der Waals surface area contributed by atoms with Gasteiger partial charge in [-0.3, -0.25) is 4.79 Å². The fraction of sp³-hybridized carbons (Fsp3) is 0.250. The van der Waals surface area contributed by atoms with Crippen LogP contribution in [0.1, 0.15) is 29.4 Å². The summed E-state index contributed by atoms with van der Waals surface area (Å²) in [5, 5.41) is 6.09. The van der Waals surface area contributed by atoms with E-state index in [0.29, 0.717) is 5.56 Å². The molecule has 0 bridgehead atoms. The number of amides is 1. The van der Waals surface area contributed by atoms with Crippen molar-refractivity contribution in [2.45, 2.75) is 20.3 Å². The second-order valence-corrected chi connectivity index (χ2v) is 5.69. The van der Waals surface area contributed by atoms with Gasteiger partial charge < -0.3 is 10.6 Å². The number of carbonyl (C=O) groups excluding carboxylic acids is 1. The molecule has 2 rings (SSSR count). The normalized spacial score (nSPS) is 10.2. The first-order valence-corrected chi connectivity index (χ1v) is 7.67. The molecule has 1 heterocycles. The molecule has 1 amide bonds. The van der Waals surface area contributed by atoms with Crippen LogP contribution < -0.4 is 10.6 Å². The molecule has 21 heavy (non-hydrogen) atoms. The van der Waals surface area contributed by atoms with Gasteiger partial charge in [0.05, 0.1) is 0 Å². The van der Waals surface area contributed by atoms with Gasteiger partial charge in [-0.1, -0.05) is 28.9 Å². The minimum atomic E-state index is -0.141. The first kappa shape index (κ1) is 15.5. The van der Waals surface area contributed by atoms with Crippen LogP contribution in [-0.4, -0.2) is 17.4 Å². The van der Waals surface area contributed by atoms with Crippen LogP contribution in [0.3, 0.4) is 0 Å². The van der Waals surface area contributed by atoms with Crippen molar-refractivity contribution in [2.75, 3.05) is 17.2 Å². The van der Waals surface area contributed by atoms with Crippen molar-refractivity contribution in [1.82, 2.24) is 4.98 Å². The molecular weight excluding hydrogens is 330 g/mol. The number of halogens is 1. The molecule has 1 aromatic carbocycles. The highest BCUT2D eigenvalue weighted by Crippen LogP contribution is 2.17. The molecule has 1 aromatic heterocycles. The number of nitrogens with one attached hydrogen (secondary N) is 2. The fourth-order valence-electron chi connectivity index (χ4n) is 1.91. The Morgan fingerprint density at radius 2 is 2.10 bits per heavy atom. The van der Waals surface area contributed by atoms with Crippen LogP contribution in [0.4, 0.5) is 11.5 Å². The van der Waals surface area contributed by atoms with Crippen molar-refractivity contribution in [3.05, 3.63) is 52.1 Å². The lowest BCUT2D eigenvalue weighted by atomic mass is 10.2. The molecule has 0 unspecified atom stereocenters. The first-order valence-electron chi connectivity index (χ1n) is 6.88. The van der Waals surface area contributed by atoms with Crippen LogP contribution in [0.2, 0.25) is 0 Å². The number of anilines is 2. The molecule has 0 aliphatic heterocycles. The number of aryl methyl sites for hydroxylation is 1. The molecule has 0 fully saturated rings. The molecule has 4 nitrogen and oxygen atoms in total. The molecule has 0 spiro atoms. The zero-order valence-electron chi connectivity index (χ0n) is 12.1. The van der Waals surface area contributed by atoms with E-state index in [1.807, 2.05) is 31.2 Å². The van der Waals surface area contributed by atoms with Gasteiger partial charge in [0, 0.05) is 28.0 Å². The van der Waals surface area contributed by atoms with Crippen molar-refractivity contribution in [3.8, 4) is 0 Å². The number of carbonyl (C=O) groups is 1. The highest BCUT2D eigenvalue weighted by Gasteiger charge is 2.09. The predicted molar refractivity (Wildman–Crippen MR) is 89.8 cm³/mol. The van der Waals surface area contributed by atoms with E-state index in [2.05, 4.69) is 38.5 Å². The van der Waals surface area contributed by atoms with E-state index in [1.54, 1.807) is 12.1 Å². The van der Waals surface area contributed by atoms with Crippen LogP contribution >= 0.6 is 15.9 Å². The molecule has 0 aliphatic carbocycles. The van der Waals surface area contributed by atoms with Crippen molar-refractivity contribution in [2.24, 2.45) is 0 Å². The summed E-state index contributed by atoms with van der Waals surface area (Å²) < 4.78 is 0.927. The topological polar surface area (TPSA) is 54.0 Å². The molecule has 0 atom stereocenters. The number of rotatable bonds is 5. The van der Waals surface area contributed by atoms with Gasteiger partial charge in [-0.2, -0.15) is 0 Å². The smallest absolute Gasteiger partial charge is 0.255 e. The van der Waals surface area contributed by atoms with Gasteiger partial charge in [0.2, 0.25) is 0 Å². The largest absolute Gasteiger partial charge is 0.370 e. The summed E-state index contributed by atoms with van der Waals surface area (Å²) in [6.07, 6.45) is 1.01. The molecule has 110 valence electrons. The van der Waals surface area contributed by atoms with Gasteiger partial charge in [-0.05, 0) is 43.7 Å². The maximum absolute atomic E-state index is 12.3. The summed E-state index contributed by atoms with van der Waals surface area (Å²) in [5.41, 5.74) is 2.17. The van der Waals surface area contributed by atoms with Crippen LogP contribution in [0.5, 0.6) is 0 Å². The highest BCUT2D eigenvalue weighted by atomic mass is 79.9. The lowest BCUT2D eigenvalue weighted by Crippen LogP contribution is -2.13. The van der Waals surface area contributed by atoms with Crippen molar-refractivity contribution < 1.29 is 4.79 Å². The van der Waals surface area contributed by atoms with E-state index in [1.165, 1.54) is 0 Å². The van der Waals surface area contributed by atoms with Crippen LogP contribution in [0, 0.1) is 6.92 Å². The highest BCUT2D eigenvalue weighted by molar-refractivity contribution is 9.10. The monoisotopic (exact) mass is 347 g/mol. The van der Waals surface area contributed by atoms with Gasteiger partial charge >= 0.3 is 0 Å². The van der Waals surface area contributed by atoms with Crippen LogP contribution in [0.15, 0.2) is 40.9 Å². The Balaban J connectivity index is 2.16. The van der Waals surface area contributed by atoms with Gasteiger partial charge in [0.1, 0.15) is 5.82 Å². The lowest BCUT2D eigenvalue weighted by Gasteiger charge is -2.09. The van der Waals surface area contributed by atoms with E-state index in [0.717, 1.165) is 34.6 Å². The van der Waals surface area contributed by atoms with Crippen LogP contribution in [-0.2, 0) is 0 Å². The SMILES string of the molecule is CCCNc1cc(C(=O)Nc2cccc(Br)c2)cc(C)n1. The molecule has 0 radical (unpaired) electrons. The van der Waals surface area contributed by atoms with Gasteiger partial charge in [0.15, 0.2) is 0 Å². The first-order chi connectivity index (χ1) is 10.1. The number of hydrogen-bond acceptors (Lipinski definition) is 3. The Morgan fingerprint density at radius 1 is 1.29 bits per heavy atom. The maximum atomic E-state index is 12.3. The Labute approximate surface area is 133 Å². The molecule has 2 aromatic rings. The molecular formula is C16H18BrN3O. The zero-order chi connectivity index (χ0) is 15.2. The lowest BCUT2D eigenvalue weighted by molar-refractivity contribution is 0.102. The number of nitrogens with zero attached hydrogens (tertiary/aromatic N) is 1. The van der Waals surface area contributed by atoms with Crippen molar-refractivity contribution in [1.29, 1.82) is 0 Å². The predicted octanol–water partition coefficient (Wildman–Crippen LogP) is 4.23. The average Bonchev–Trinajstić information content (AvgIpc) is 2.44. The summed E-state index contributed by atoms with van der Waals surface area (Å²) in [5.74, 6) is 0.592. The molecule has 0 saturated carbocycles. The summed E-state index contributed by atoms with van der Waals surface area (Å²) in [4.78, 5) is 16.7. The number of aromatic nitrogens is 1. The molecule has 0 saturated heterocycles. The van der Waals surface area contributed by atoms with E-state index in [-0.39, 0.29) is 5.91 Å². The van der Waals surface area contributed by atoms with Crippen molar-refractivity contribution >= 4 is 33.3 Å². The van der Waals surface area contributed by atoms with Gasteiger partial charge in [-0.25, -0.2) is 4.98 Å². The summed E-state index contributed by atoms with van der Waals surface area (Å²) >= 11 is 3.39. The Kier molecular flexibility index (Phi) is 5.33. The van der Waals surface area contributed by atoms with Gasteiger partial charge in [-0.15, -0.1) is 0 Å². The molecule has 0 aliphatic rings. The Bertz CT molecular complexity index is 643. The van der Waals surface area contributed by atoms with E-state index in [4.69, 9.17) is 0 Å². The summed E-state index contributed by atoms with van der Waals surface area (Å²) in [6.45, 7) is 4.81. The third-order valence-corrected chi connectivity index (χ3v) is 3.35.